The summed E-state index contributed by atoms with van der Waals surface area (Å²) in [4.78, 5) is 25.6. The van der Waals surface area contributed by atoms with Crippen LogP contribution >= 0.6 is 0 Å². The fraction of sp³-hybridized carbons (Fsp3) is 0.500. The lowest BCUT2D eigenvalue weighted by atomic mass is 9.95. The van der Waals surface area contributed by atoms with E-state index in [1.54, 1.807) is 38.4 Å². The van der Waals surface area contributed by atoms with Crippen molar-refractivity contribution in [3.63, 3.8) is 0 Å². The number of carbonyl (C=O) groups excluding carboxylic acids is 2. The van der Waals surface area contributed by atoms with Gasteiger partial charge in [-0.1, -0.05) is 0 Å². The van der Waals surface area contributed by atoms with E-state index in [-0.39, 0.29) is 17.4 Å². The van der Waals surface area contributed by atoms with Crippen molar-refractivity contribution in [1.29, 1.82) is 0 Å². The minimum atomic E-state index is -0.338. The Hall–Kier alpha value is -1.88. The SMILES string of the molecule is CN(C)C(=O)c1ccc(C(=O)NC(C)(CN)C2CC2)cc1. The lowest BCUT2D eigenvalue weighted by Crippen LogP contribution is -2.53. The highest BCUT2D eigenvalue weighted by atomic mass is 16.2. The molecule has 0 aromatic heterocycles. The number of nitrogens with zero attached hydrogens (tertiary/aromatic N) is 1. The topological polar surface area (TPSA) is 75.4 Å². The van der Waals surface area contributed by atoms with Crippen molar-refractivity contribution in [2.75, 3.05) is 20.6 Å². The zero-order chi connectivity index (χ0) is 15.6. The maximum atomic E-state index is 12.3. The van der Waals surface area contributed by atoms with Crippen LogP contribution in [0.15, 0.2) is 24.3 Å². The van der Waals surface area contributed by atoms with Crippen LogP contribution < -0.4 is 11.1 Å². The number of nitrogens with two attached hydrogens (primary N) is 1. The molecule has 2 rings (SSSR count). The molecule has 1 aliphatic carbocycles. The first-order chi connectivity index (χ1) is 9.87. The molecule has 0 radical (unpaired) electrons. The second-order valence-corrected chi connectivity index (χ2v) is 6.13. The van der Waals surface area contributed by atoms with Gasteiger partial charge in [0.25, 0.3) is 11.8 Å². The molecule has 3 N–H and O–H groups in total. The number of carbonyl (C=O) groups is 2. The maximum absolute atomic E-state index is 12.3. The van der Waals surface area contributed by atoms with Gasteiger partial charge in [-0.3, -0.25) is 9.59 Å². The Bertz CT molecular complexity index is 535. The molecule has 0 aliphatic heterocycles. The van der Waals surface area contributed by atoms with Gasteiger partial charge >= 0.3 is 0 Å². The lowest BCUT2D eigenvalue weighted by Gasteiger charge is -2.29. The third kappa shape index (κ3) is 3.42. The van der Waals surface area contributed by atoms with Gasteiger partial charge < -0.3 is 16.0 Å². The molecule has 1 fully saturated rings. The standard InChI is InChI=1S/C16H23N3O2/c1-16(10-17,13-8-9-13)18-14(20)11-4-6-12(7-5-11)15(21)19(2)3/h4-7,13H,8-10,17H2,1-3H3,(H,18,20). The van der Waals surface area contributed by atoms with Gasteiger partial charge in [0.15, 0.2) is 0 Å². The molecule has 0 heterocycles. The summed E-state index contributed by atoms with van der Waals surface area (Å²) in [5.74, 6) is 0.256. The Kier molecular flexibility index (Phi) is 4.32. The van der Waals surface area contributed by atoms with Gasteiger partial charge in [-0.05, 0) is 49.9 Å². The van der Waals surface area contributed by atoms with Crippen LogP contribution in [0.25, 0.3) is 0 Å². The van der Waals surface area contributed by atoms with E-state index < -0.39 is 0 Å². The molecule has 1 unspecified atom stereocenters. The van der Waals surface area contributed by atoms with Gasteiger partial charge in [-0.2, -0.15) is 0 Å². The van der Waals surface area contributed by atoms with Crippen molar-refractivity contribution >= 4 is 11.8 Å². The van der Waals surface area contributed by atoms with Gasteiger partial charge in [-0.25, -0.2) is 0 Å². The highest BCUT2D eigenvalue weighted by Crippen LogP contribution is 2.39. The van der Waals surface area contributed by atoms with Crippen molar-refractivity contribution in [3.8, 4) is 0 Å². The monoisotopic (exact) mass is 289 g/mol. The van der Waals surface area contributed by atoms with Gasteiger partial charge in [0.05, 0.1) is 5.54 Å². The highest BCUT2D eigenvalue weighted by Gasteiger charge is 2.41. The van der Waals surface area contributed by atoms with E-state index in [0.29, 0.717) is 23.6 Å². The van der Waals surface area contributed by atoms with E-state index in [9.17, 15) is 9.59 Å². The van der Waals surface area contributed by atoms with Crippen LogP contribution in [0.1, 0.15) is 40.5 Å². The number of nitrogens with one attached hydrogen (secondary N) is 1. The summed E-state index contributed by atoms with van der Waals surface area (Å²) in [6.07, 6.45) is 2.23. The quantitative estimate of drug-likeness (QED) is 0.856. The molecule has 5 nitrogen and oxygen atoms in total. The molecule has 1 aliphatic rings. The van der Waals surface area contributed by atoms with Crippen LogP contribution in [-0.2, 0) is 0 Å². The number of rotatable bonds is 5. The van der Waals surface area contributed by atoms with Crippen molar-refractivity contribution in [2.45, 2.75) is 25.3 Å². The molecule has 1 atom stereocenters. The molecule has 114 valence electrons. The van der Waals surface area contributed by atoms with Crippen molar-refractivity contribution in [1.82, 2.24) is 10.2 Å². The molecular weight excluding hydrogens is 266 g/mol. The summed E-state index contributed by atoms with van der Waals surface area (Å²) in [6.45, 7) is 2.42. The Morgan fingerprint density at radius 1 is 1.24 bits per heavy atom. The van der Waals surface area contributed by atoms with Crippen LogP contribution in [0.2, 0.25) is 0 Å². The molecule has 21 heavy (non-hydrogen) atoms. The van der Waals surface area contributed by atoms with E-state index in [4.69, 9.17) is 5.73 Å². The Morgan fingerprint density at radius 2 is 1.76 bits per heavy atom. The molecule has 1 aromatic carbocycles. The predicted octanol–water partition coefficient (Wildman–Crippen LogP) is 1.25. The van der Waals surface area contributed by atoms with Crippen LogP contribution in [0, 0.1) is 5.92 Å². The van der Waals surface area contributed by atoms with Crippen LogP contribution in [0.3, 0.4) is 0 Å². The normalized spacial score (nSPS) is 17.0. The Morgan fingerprint density at radius 3 is 2.19 bits per heavy atom. The first-order valence-corrected chi connectivity index (χ1v) is 7.21. The predicted molar refractivity (Wildman–Crippen MR) is 82.1 cm³/mol. The first-order valence-electron chi connectivity index (χ1n) is 7.21. The summed E-state index contributed by atoms with van der Waals surface area (Å²) in [5.41, 5.74) is 6.59. The molecular formula is C16H23N3O2. The van der Waals surface area contributed by atoms with Gasteiger partial charge in [0.2, 0.25) is 0 Å². The van der Waals surface area contributed by atoms with Crippen molar-refractivity contribution in [2.24, 2.45) is 11.7 Å². The third-order valence-electron chi connectivity index (χ3n) is 4.10. The first kappa shape index (κ1) is 15.5. The fourth-order valence-corrected chi connectivity index (χ4v) is 2.39. The zero-order valence-corrected chi connectivity index (χ0v) is 12.8. The van der Waals surface area contributed by atoms with E-state index in [1.807, 2.05) is 6.92 Å². The molecule has 2 amide bonds. The maximum Gasteiger partial charge on any atom is 0.253 e. The number of amides is 2. The van der Waals surface area contributed by atoms with E-state index >= 15 is 0 Å². The second kappa shape index (κ2) is 5.85. The Labute approximate surface area is 125 Å². The number of benzene rings is 1. The van der Waals surface area contributed by atoms with Gasteiger partial charge in [0.1, 0.15) is 0 Å². The Balaban J connectivity index is 2.08. The molecule has 0 spiro atoms. The summed E-state index contributed by atoms with van der Waals surface area (Å²) >= 11 is 0. The van der Waals surface area contributed by atoms with Gasteiger partial charge in [0, 0.05) is 31.8 Å². The molecule has 1 aromatic rings. The summed E-state index contributed by atoms with van der Waals surface area (Å²) < 4.78 is 0. The minimum Gasteiger partial charge on any atom is -0.345 e. The number of hydrogen-bond donors (Lipinski definition) is 2. The third-order valence-corrected chi connectivity index (χ3v) is 4.10. The lowest BCUT2D eigenvalue weighted by molar-refractivity contribution is 0.0825. The summed E-state index contributed by atoms with van der Waals surface area (Å²) in [6, 6.07) is 6.70. The summed E-state index contributed by atoms with van der Waals surface area (Å²) in [5, 5.41) is 3.03. The zero-order valence-electron chi connectivity index (χ0n) is 12.8. The van der Waals surface area contributed by atoms with Crippen LogP contribution in [-0.4, -0.2) is 42.9 Å². The van der Waals surface area contributed by atoms with Crippen molar-refractivity contribution in [3.05, 3.63) is 35.4 Å². The fourth-order valence-electron chi connectivity index (χ4n) is 2.39. The minimum absolute atomic E-state index is 0.0771. The largest absolute Gasteiger partial charge is 0.345 e. The smallest absolute Gasteiger partial charge is 0.253 e. The summed E-state index contributed by atoms with van der Waals surface area (Å²) in [7, 11) is 3.40. The van der Waals surface area contributed by atoms with E-state index in [2.05, 4.69) is 5.32 Å². The van der Waals surface area contributed by atoms with Crippen LogP contribution in [0.4, 0.5) is 0 Å². The highest BCUT2D eigenvalue weighted by molar-refractivity contribution is 5.97. The molecule has 0 saturated heterocycles. The average molecular weight is 289 g/mol. The molecule has 1 saturated carbocycles. The number of hydrogen-bond acceptors (Lipinski definition) is 3. The van der Waals surface area contributed by atoms with E-state index in [1.165, 1.54) is 4.90 Å². The average Bonchev–Trinajstić information content (AvgIpc) is 3.31. The van der Waals surface area contributed by atoms with Crippen LogP contribution in [0.5, 0.6) is 0 Å². The molecule has 5 heteroatoms. The second-order valence-electron chi connectivity index (χ2n) is 6.13. The van der Waals surface area contributed by atoms with Crippen molar-refractivity contribution < 1.29 is 9.59 Å². The van der Waals surface area contributed by atoms with E-state index in [0.717, 1.165) is 12.8 Å². The van der Waals surface area contributed by atoms with Gasteiger partial charge in [-0.15, -0.1) is 0 Å². The molecule has 0 bridgehead atoms.